The minimum absolute atomic E-state index is 0.483. The summed E-state index contributed by atoms with van der Waals surface area (Å²) in [5.74, 6) is 5.52. The second-order valence-corrected chi connectivity index (χ2v) is 3.69. The minimum atomic E-state index is -1.34. The topological polar surface area (TPSA) is 40.5 Å². The van der Waals surface area contributed by atoms with E-state index < -0.39 is 11.7 Å². The van der Waals surface area contributed by atoms with Gasteiger partial charge in [-0.2, -0.15) is 0 Å². The van der Waals surface area contributed by atoms with Gasteiger partial charge in [0.2, 0.25) is 0 Å². The zero-order chi connectivity index (χ0) is 11.3. The van der Waals surface area contributed by atoms with Gasteiger partial charge in [-0.15, -0.1) is 0 Å². The zero-order valence-electron chi connectivity index (χ0n) is 9.07. The Hall–Kier alpha value is -1.30. The number of hydrogen-bond acceptors (Lipinski definition) is 2. The molecule has 1 aromatic rings. The van der Waals surface area contributed by atoms with Crippen molar-refractivity contribution in [2.75, 3.05) is 0 Å². The lowest BCUT2D eigenvalue weighted by Crippen LogP contribution is -2.37. The molecule has 2 N–H and O–H groups in total. The highest BCUT2D eigenvalue weighted by atomic mass is 16.3. The Labute approximate surface area is 90.6 Å². The summed E-state index contributed by atoms with van der Waals surface area (Å²) in [6, 6.07) is 9.40. The molecule has 2 heteroatoms. The number of hydrogen-bond donors (Lipinski definition) is 2. The number of benzene rings is 1. The average molecular weight is 204 g/mol. The summed E-state index contributed by atoms with van der Waals surface area (Å²) in [4.78, 5) is 0. The van der Waals surface area contributed by atoms with Crippen molar-refractivity contribution in [1.29, 1.82) is 0 Å². The Bertz CT molecular complexity index is 357. The van der Waals surface area contributed by atoms with E-state index in [2.05, 4.69) is 11.8 Å². The molecule has 80 valence electrons. The molecule has 0 saturated carbocycles. The van der Waals surface area contributed by atoms with Crippen molar-refractivity contribution in [3.05, 3.63) is 35.9 Å². The second-order valence-electron chi connectivity index (χ2n) is 3.69. The van der Waals surface area contributed by atoms with Crippen LogP contribution in [0.2, 0.25) is 0 Å². The number of aliphatic hydroxyl groups excluding tert-OH is 1. The molecule has 0 radical (unpaired) electrons. The van der Waals surface area contributed by atoms with Crippen molar-refractivity contribution in [3.8, 4) is 11.8 Å². The van der Waals surface area contributed by atoms with E-state index in [0.717, 1.165) is 5.56 Å². The Morgan fingerprint density at radius 2 is 1.93 bits per heavy atom. The molecule has 0 amide bonds. The first-order chi connectivity index (χ1) is 7.06. The molecule has 2 nitrogen and oxygen atoms in total. The van der Waals surface area contributed by atoms with E-state index in [1.165, 1.54) is 6.92 Å². The Morgan fingerprint density at radius 3 is 2.47 bits per heavy atom. The van der Waals surface area contributed by atoms with Gasteiger partial charge in [-0.25, -0.2) is 0 Å². The third kappa shape index (κ3) is 3.39. The van der Waals surface area contributed by atoms with Crippen LogP contribution in [0.25, 0.3) is 0 Å². The highest BCUT2D eigenvalue weighted by molar-refractivity contribution is 5.36. The van der Waals surface area contributed by atoms with Crippen LogP contribution in [-0.2, 0) is 0 Å². The molecule has 0 aliphatic carbocycles. The van der Waals surface area contributed by atoms with Crippen molar-refractivity contribution >= 4 is 0 Å². The fraction of sp³-hybridized carbons (Fsp3) is 0.385. The van der Waals surface area contributed by atoms with Crippen LogP contribution in [0.5, 0.6) is 0 Å². The lowest BCUT2D eigenvalue weighted by Gasteiger charge is -2.21. The molecule has 0 heterocycles. The maximum atomic E-state index is 9.82. The molecule has 0 spiro atoms. The van der Waals surface area contributed by atoms with E-state index >= 15 is 0 Å². The van der Waals surface area contributed by atoms with Gasteiger partial charge in [-0.1, -0.05) is 37.0 Å². The monoisotopic (exact) mass is 204 g/mol. The summed E-state index contributed by atoms with van der Waals surface area (Å²) in [6.45, 7) is 3.33. The first-order valence-corrected chi connectivity index (χ1v) is 5.05. The maximum absolute atomic E-state index is 9.82. The van der Waals surface area contributed by atoms with Crippen molar-refractivity contribution in [2.45, 2.75) is 32.0 Å². The van der Waals surface area contributed by atoms with Crippen LogP contribution < -0.4 is 0 Å². The molecule has 15 heavy (non-hydrogen) atoms. The van der Waals surface area contributed by atoms with Gasteiger partial charge in [0.15, 0.2) is 0 Å². The van der Waals surface area contributed by atoms with Gasteiger partial charge in [0.05, 0.1) is 6.10 Å². The SMILES string of the molecule is CCC(O)C(C)(O)C#Cc1ccccc1. The normalized spacial score (nSPS) is 16.0. The third-order valence-corrected chi connectivity index (χ3v) is 2.27. The molecule has 0 bridgehead atoms. The number of aliphatic hydroxyl groups is 2. The molecule has 2 unspecified atom stereocenters. The molecule has 0 aliphatic rings. The Kier molecular flexibility index (Phi) is 3.90. The first-order valence-electron chi connectivity index (χ1n) is 5.05. The van der Waals surface area contributed by atoms with Crippen molar-refractivity contribution in [3.63, 3.8) is 0 Å². The van der Waals surface area contributed by atoms with Gasteiger partial charge in [0.1, 0.15) is 5.60 Å². The van der Waals surface area contributed by atoms with Gasteiger partial charge in [0, 0.05) is 5.56 Å². The maximum Gasteiger partial charge on any atom is 0.148 e. The van der Waals surface area contributed by atoms with Crippen LogP contribution in [0.15, 0.2) is 30.3 Å². The molecular formula is C13H16O2. The van der Waals surface area contributed by atoms with Crippen LogP contribution in [0.4, 0.5) is 0 Å². The van der Waals surface area contributed by atoms with Gasteiger partial charge in [0.25, 0.3) is 0 Å². The van der Waals surface area contributed by atoms with E-state index in [0.29, 0.717) is 6.42 Å². The van der Waals surface area contributed by atoms with Crippen LogP contribution in [0.1, 0.15) is 25.8 Å². The molecule has 2 atom stereocenters. The largest absolute Gasteiger partial charge is 0.389 e. The summed E-state index contributed by atoms with van der Waals surface area (Å²) < 4.78 is 0. The quantitative estimate of drug-likeness (QED) is 0.718. The second kappa shape index (κ2) is 4.97. The molecule has 1 rings (SSSR count). The van der Waals surface area contributed by atoms with Gasteiger partial charge in [-0.05, 0) is 25.5 Å². The third-order valence-electron chi connectivity index (χ3n) is 2.27. The van der Waals surface area contributed by atoms with E-state index in [4.69, 9.17) is 0 Å². The molecule has 0 aliphatic heterocycles. The van der Waals surface area contributed by atoms with Crippen LogP contribution in [0, 0.1) is 11.8 Å². The predicted molar refractivity (Wildman–Crippen MR) is 60.2 cm³/mol. The smallest absolute Gasteiger partial charge is 0.148 e. The van der Waals surface area contributed by atoms with E-state index in [1.807, 2.05) is 37.3 Å². The van der Waals surface area contributed by atoms with Gasteiger partial charge < -0.3 is 10.2 Å². The highest BCUT2D eigenvalue weighted by Gasteiger charge is 2.26. The van der Waals surface area contributed by atoms with Crippen LogP contribution >= 0.6 is 0 Å². The van der Waals surface area contributed by atoms with Gasteiger partial charge in [-0.3, -0.25) is 0 Å². The molecule has 0 saturated heterocycles. The van der Waals surface area contributed by atoms with E-state index in [1.54, 1.807) is 0 Å². The van der Waals surface area contributed by atoms with Crippen molar-refractivity contribution in [1.82, 2.24) is 0 Å². The molecule has 0 fully saturated rings. The molecule has 1 aromatic carbocycles. The van der Waals surface area contributed by atoms with E-state index in [-0.39, 0.29) is 0 Å². The van der Waals surface area contributed by atoms with Crippen molar-refractivity contribution in [2.24, 2.45) is 0 Å². The summed E-state index contributed by atoms with van der Waals surface area (Å²) in [5.41, 5.74) is -0.508. The minimum Gasteiger partial charge on any atom is -0.389 e. The zero-order valence-corrected chi connectivity index (χ0v) is 9.07. The highest BCUT2D eigenvalue weighted by Crippen LogP contribution is 2.11. The summed E-state index contributed by atoms with van der Waals surface area (Å²) in [7, 11) is 0. The number of rotatable bonds is 2. The molecule has 0 aromatic heterocycles. The average Bonchev–Trinajstić information content (AvgIpc) is 2.27. The fourth-order valence-corrected chi connectivity index (χ4v) is 1.20. The summed E-state index contributed by atoms with van der Waals surface area (Å²) in [5, 5.41) is 19.3. The van der Waals surface area contributed by atoms with Crippen LogP contribution in [-0.4, -0.2) is 21.9 Å². The standard InChI is InChI=1S/C13H16O2/c1-3-12(14)13(2,15)10-9-11-7-5-4-6-8-11/h4-8,12,14-15H,3H2,1-2H3. The predicted octanol–water partition coefficient (Wildman–Crippen LogP) is 1.56. The Morgan fingerprint density at radius 1 is 1.33 bits per heavy atom. The van der Waals surface area contributed by atoms with E-state index in [9.17, 15) is 10.2 Å². The lowest BCUT2D eigenvalue weighted by molar-refractivity contribution is -0.0203. The van der Waals surface area contributed by atoms with Crippen molar-refractivity contribution < 1.29 is 10.2 Å². The summed E-state index contributed by atoms with van der Waals surface area (Å²) >= 11 is 0. The summed E-state index contributed by atoms with van der Waals surface area (Å²) in [6.07, 6.45) is -0.329. The molecular weight excluding hydrogens is 188 g/mol. The first kappa shape index (κ1) is 11.8. The fourth-order valence-electron chi connectivity index (χ4n) is 1.20. The van der Waals surface area contributed by atoms with Crippen LogP contribution in [0.3, 0.4) is 0 Å². The Balaban J connectivity index is 2.82. The lowest BCUT2D eigenvalue weighted by atomic mass is 9.97. The van der Waals surface area contributed by atoms with Gasteiger partial charge >= 0.3 is 0 Å².